The number of nitrogens with zero attached hydrogens (tertiary/aromatic N) is 4. The number of aryl methyl sites for hydroxylation is 1. The molecule has 3 aromatic rings. The highest BCUT2D eigenvalue weighted by Gasteiger charge is 2.33. The maximum atomic E-state index is 12.6. The normalized spacial score (nSPS) is 15.5. The average Bonchev–Trinajstić information content (AvgIpc) is 3.30. The monoisotopic (exact) mass is 474 g/mol. The summed E-state index contributed by atoms with van der Waals surface area (Å²) in [5.74, 6) is 0.330. The number of benzene rings is 1. The summed E-state index contributed by atoms with van der Waals surface area (Å²) in [5.41, 5.74) is 3.45. The van der Waals surface area contributed by atoms with Gasteiger partial charge in [0.2, 0.25) is 0 Å². The van der Waals surface area contributed by atoms with Crippen molar-refractivity contribution in [2.45, 2.75) is 52.2 Å². The topological polar surface area (TPSA) is 109 Å². The maximum absolute atomic E-state index is 12.6. The minimum atomic E-state index is -0.528. The molecular formula is C26H30N6O3. The van der Waals surface area contributed by atoms with Gasteiger partial charge in [-0.2, -0.15) is 0 Å². The van der Waals surface area contributed by atoms with E-state index in [0.29, 0.717) is 23.7 Å². The van der Waals surface area contributed by atoms with E-state index in [1.165, 1.54) is 6.20 Å². The van der Waals surface area contributed by atoms with Crippen LogP contribution < -0.4 is 10.6 Å². The number of carbonyl (C=O) groups is 2. The Labute approximate surface area is 205 Å². The second-order valence-corrected chi connectivity index (χ2v) is 9.51. The number of pyridine rings is 1. The number of hydrogen-bond acceptors (Lipinski definition) is 6. The molecule has 1 aliphatic rings. The Bertz CT molecular complexity index is 1190. The summed E-state index contributed by atoms with van der Waals surface area (Å²) in [4.78, 5) is 39.6. The molecule has 9 nitrogen and oxygen atoms in total. The molecule has 1 saturated heterocycles. The van der Waals surface area contributed by atoms with Crippen LogP contribution in [0.3, 0.4) is 0 Å². The summed E-state index contributed by atoms with van der Waals surface area (Å²) in [6.45, 7) is 8.18. The Morgan fingerprint density at radius 2 is 1.80 bits per heavy atom. The van der Waals surface area contributed by atoms with Gasteiger partial charge in [-0.15, -0.1) is 0 Å². The first-order valence-corrected chi connectivity index (χ1v) is 11.6. The van der Waals surface area contributed by atoms with Crippen LogP contribution in [0.25, 0.3) is 11.3 Å². The molecule has 0 spiro atoms. The van der Waals surface area contributed by atoms with Crippen molar-refractivity contribution in [3.63, 3.8) is 0 Å². The first kappa shape index (κ1) is 24.1. The fourth-order valence-electron chi connectivity index (χ4n) is 3.91. The number of ether oxygens (including phenoxy) is 1. The highest BCUT2D eigenvalue weighted by Crippen LogP contribution is 2.34. The molecule has 0 saturated carbocycles. The lowest BCUT2D eigenvalue weighted by atomic mass is 10.0. The van der Waals surface area contributed by atoms with Gasteiger partial charge >= 0.3 is 12.1 Å². The highest BCUT2D eigenvalue weighted by molar-refractivity contribution is 5.99. The van der Waals surface area contributed by atoms with Crippen LogP contribution in [-0.4, -0.2) is 44.1 Å². The minimum absolute atomic E-state index is 0.0158. The molecule has 1 aromatic carbocycles. The van der Waals surface area contributed by atoms with Crippen LogP contribution in [0.15, 0.2) is 55.0 Å². The number of likely N-dealkylation sites (tertiary alicyclic amines) is 1. The molecule has 35 heavy (non-hydrogen) atoms. The Morgan fingerprint density at radius 1 is 1.03 bits per heavy atom. The third-order valence-corrected chi connectivity index (χ3v) is 5.52. The molecule has 9 heteroatoms. The summed E-state index contributed by atoms with van der Waals surface area (Å²) in [7, 11) is 0. The van der Waals surface area contributed by atoms with E-state index in [0.717, 1.165) is 29.7 Å². The SMILES string of the molecule is Cc1ccc(NC(=O)Nc2cncc(-c3ccc([C@@H]4CCCN4C(=O)OC(C)(C)C)cc3)n2)cn1. The highest BCUT2D eigenvalue weighted by atomic mass is 16.6. The van der Waals surface area contributed by atoms with E-state index in [1.807, 2.05) is 58.0 Å². The second kappa shape index (κ2) is 10.1. The molecule has 3 amide bonds. The number of rotatable bonds is 4. The molecule has 4 rings (SSSR count). The molecule has 0 radical (unpaired) electrons. The molecular weight excluding hydrogens is 444 g/mol. The van der Waals surface area contributed by atoms with E-state index in [1.54, 1.807) is 23.4 Å². The second-order valence-electron chi connectivity index (χ2n) is 9.51. The van der Waals surface area contributed by atoms with Gasteiger partial charge in [0.05, 0.1) is 36.0 Å². The van der Waals surface area contributed by atoms with Crippen LogP contribution in [0.4, 0.5) is 21.1 Å². The number of amides is 3. The van der Waals surface area contributed by atoms with Gasteiger partial charge in [0.15, 0.2) is 5.82 Å². The van der Waals surface area contributed by atoms with E-state index in [2.05, 4.69) is 25.6 Å². The van der Waals surface area contributed by atoms with Crippen molar-refractivity contribution in [3.8, 4) is 11.3 Å². The lowest BCUT2D eigenvalue weighted by Crippen LogP contribution is -2.36. The Hall–Kier alpha value is -4.01. The van der Waals surface area contributed by atoms with Crippen molar-refractivity contribution in [2.24, 2.45) is 0 Å². The van der Waals surface area contributed by atoms with E-state index in [-0.39, 0.29) is 12.1 Å². The molecule has 2 aromatic heterocycles. The average molecular weight is 475 g/mol. The Morgan fingerprint density at radius 3 is 2.49 bits per heavy atom. The van der Waals surface area contributed by atoms with Crippen molar-refractivity contribution in [1.82, 2.24) is 19.9 Å². The summed E-state index contributed by atoms with van der Waals surface area (Å²) < 4.78 is 5.58. The van der Waals surface area contributed by atoms with Crippen LogP contribution in [-0.2, 0) is 4.74 Å². The van der Waals surface area contributed by atoms with Crippen LogP contribution in [0.5, 0.6) is 0 Å². The number of nitrogens with one attached hydrogen (secondary N) is 2. The number of carbonyl (C=O) groups excluding carboxylic acids is 2. The summed E-state index contributed by atoms with van der Waals surface area (Å²) in [6, 6.07) is 11.1. The van der Waals surface area contributed by atoms with Crippen molar-refractivity contribution >= 4 is 23.6 Å². The largest absolute Gasteiger partial charge is 0.444 e. The van der Waals surface area contributed by atoms with E-state index >= 15 is 0 Å². The molecule has 1 aliphatic heterocycles. The van der Waals surface area contributed by atoms with Gasteiger partial charge in [-0.1, -0.05) is 24.3 Å². The van der Waals surface area contributed by atoms with Gasteiger partial charge in [-0.3, -0.25) is 15.3 Å². The van der Waals surface area contributed by atoms with Crippen molar-refractivity contribution in [2.75, 3.05) is 17.2 Å². The predicted molar refractivity (Wildman–Crippen MR) is 134 cm³/mol. The van der Waals surface area contributed by atoms with Crippen LogP contribution in [0.1, 0.15) is 50.9 Å². The molecule has 0 unspecified atom stereocenters. The van der Waals surface area contributed by atoms with E-state index in [4.69, 9.17) is 4.74 Å². The van der Waals surface area contributed by atoms with Crippen molar-refractivity contribution in [3.05, 3.63) is 66.2 Å². The van der Waals surface area contributed by atoms with Gasteiger partial charge in [-0.25, -0.2) is 14.6 Å². The fraction of sp³-hybridized carbons (Fsp3) is 0.346. The van der Waals surface area contributed by atoms with Gasteiger partial charge in [0, 0.05) is 17.8 Å². The zero-order chi connectivity index (χ0) is 25.0. The predicted octanol–water partition coefficient (Wildman–Crippen LogP) is 5.56. The number of aromatic nitrogens is 3. The molecule has 2 N–H and O–H groups in total. The van der Waals surface area contributed by atoms with Gasteiger partial charge in [0.1, 0.15) is 5.60 Å². The smallest absolute Gasteiger partial charge is 0.410 e. The van der Waals surface area contributed by atoms with Gasteiger partial charge < -0.3 is 15.0 Å². The molecule has 0 aliphatic carbocycles. The third-order valence-electron chi connectivity index (χ3n) is 5.52. The van der Waals surface area contributed by atoms with Crippen molar-refractivity contribution in [1.29, 1.82) is 0 Å². The van der Waals surface area contributed by atoms with Crippen molar-refractivity contribution < 1.29 is 14.3 Å². The molecule has 3 heterocycles. The zero-order valence-corrected chi connectivity index (χ0v) is 20.4. The maximum Gasteiger partial charge on any atom is 0.410 e. The molecule has 1 atom stereocenters. The standard InChI is InChI=1S/C26H30N6O3/c1-17-7-12-20(14-28-17)29-24(33)31-23-16-27-15-21(30-23)18-8-10-19(11-9-18)22-6-5-13-32(22)25(34)35-26(2,3)4/h7-12,14-16,22H,5-6,13H2,1-4H3,(H2,29,30,31,33)/t22-/m0/s1. The fourth-order valence-corrected chi connectivity index (χ4v) is 3.91. The number of anilines is 2. The summed E-state index contributed by atoms with van der Waals surface area (Å²) in [6.07, 6.45) is 6.27. The molecule has 0 bridgehead atoms. The van der Waals surface area contributed by atoms with Gasteiger partial charge in [-0.05, 0) is 58.2 Å². The van der Waals surface area contributed by atoms with Crippen LogP contribution in [0.2, 0.25) is 0 Å². The quantitative estimate of drug-likeness (QED) is 0.512. The first-order valence-electron chi connectivity index (χ1n) is 11.6. The summed E-state index contributed by atoms with van der Waals surface area (Å²) in [5, 5.41) is 5.42. The summed E-state index contributed by atoms with van der Waals surface area (Å²) >= 11 is 0. The third kappa shape index (κ3) is 6.32. The first-order chi connectivity index (χ1) is 16.7. The molecule has 182 valence electrons. The zero-order valence-electron chi connectivity index (χ0n) is 20.4. The van der Waals surface area contributed by atoms with Crippen LogP contribution >= 0.6 is 0 Å². The van der Waals surface area contributed by atoms with E-state index in [9.17, 15) is 9.59 Å². The Kier molecular flexibility index (Phi) is 6.95. The lowest BCUT2D eigenvalue weighted by molar-refractivity contribution is 0.0224. The van der Waals surface area contributed by atoms with E-state index < -0.39 is 11.6 Å². The number of hydrogen-bond donors (Lipinski definition) is 2. The van der Waals surface area contributed by atoms with Crippen LogP contribution in [0, 0.1) is 6.92 Å². The van der Waals surface area contributed by atoms with Gasteiger partial charge in [0.25, 0.3) is 0 Å². The molecule has 1 fully saturated rings. The minimum Gasteiger partial charge on any atom is -0.444 e. The Balaban J connectivity index is 1.43. The number of urea groups is 1. The lowest BCUT2D eigenvalue weighted by Gasteiger charge is -2.29.